The second-order valence-electron chi connectivity index (χ2n) is 5.83. The van der Waals surface area contributed by atoms with Crippen LogP contribution in [-0.2, 0) is 11.6 Å². The Labute approximate surface area is 147 Å². The SMILES string of the molecule is Cc1cc(C(c2cccc(C(F)(F)F)c2)(C(F)(F)F)C(F)(F)F)ccc1O. The number of halogens is 9. The van der Waals surface area contributed by atoms with Crippen LogP contribution in [0.25, 0.3) is 0 Å². The first kappa shape index (κ1) is 20.9. The molecule has 0 fully saturated rings. The van der Waals surface area contributed by atoms with Gasteiger partial charge in [-0.05, 0) is 35.7 Å². The number of benzene rings is 2. The van der Waals surface area contributed by atoms with E-state index >= 15 is 0 Å². The van der Waals surface area contributed by atoms with Crippen molar-refractivity contribution in [1.29, 1.82) is 0 Å². The van der Waals surface area contributed by atoms with Crippen LogP contribution in [-0.4, -0.2) is 17.5 Å². The third-order valence-corrected chi connectivity index (χ3v) is 4.10. The number of hydrogen-bond donors (Lipinski definition) is 1. The number of alkyl halides is 9. The number of rotatable bonds is 2. The molecule has 0 unspecified atom stereocenters. The van der Waals surface area contributed by atoms with Crippen molar-refractivity contribution in [1.82, 2.24) is 0 Å². The van der Waals surface area contributed by atoms with E-state index in [4.69, 9.17) is 0 Å². The highest BCUT2D eigenvalue weighted by molar-refractivity contribution is 5.49. The lowest BCUT2D eigenvalue weighted by Gasteiger charge is -2.38. The quantitative estimate of drug-likeness (QED) is 0.600. The van der Waals surface area contributed by atoms with E-state index in [1.165, 1.54) is 0 Å². The zero-order chi connectivity index (χ0) is 20.8. The third-order valence-electron chi connectivity index (χ3n) is 4.10. The summed E-state index contributed by atoms with van der Waals surface area (Å²) >= 11 is 0. The van der Waals surface area contributed by atoms with Gasteiger partial charge in [0.05, 0.1) is 5.56 Å². The molecule has 0 aromatic heterocycles. The van der Waals surface area contributed by atoms with Crippen molar-refractivity contribution in [3.8, 4) is 5.75 Å². The van der Waals surface area contributed by atoms with E-state index in [0.29, 0.717) is 36.4 Å². The zero-order valence-electron chi connectivity index (χ0n) is 13.4. The fourth-order valence-corrected chi connectivity index (χ4v) is 2.80. The molecule has 0 radical (unpaired) electrons. The standard InChI is InChI=1S/C17H11F9O/c1-9-7-11(5-6-13(9)27)14(16(21,22)23,17(24,25)26)10-3-2-4-12(8-10)15(18,19)20/h2-8,27H,1H3. The first-order chi connectivity index (χ1) is 12.1. The lowest BCUT2D eigenvalue weighted by Crippen LogP contribution is -2.54. The van der Waals surface area contributed by atoms with Gasteiger partial charge in [0.2, 0.25) is 5.41 Å². The Balaban J connectivity index is 2.96. The van der Waals surface area contributed by atoms with Crippen LogP contribution in [0.1, 0.15) is 22.3 Å². The number of hydrogen-bond acceptors (Lipinski definition) is 1. The van der Waals surface area contributed by atoms with E-state index in [0.717, 1.165) is 6.92 Å². The summed E-state index contributed by atoms with van der Waals surface area (Å²) in [6.07, 6.45) is -17.2. The molecule has 0 amide bonds. The Kier molecular flexibility index (Phi) is 4.92. The van der Waals surface area contributed by atoms with Gasteiger partial charge in [0.25, 0.3) is 0 Å². The van der Waals surface area contributed by atoms with Crippen LogP contribution in [0, 0.1) is 6.92 Å². The van der Waals surface area contributed by atoms with Crippen LogP contribution in [0.4, 0.5) is 39.5 Å². The summed E-state index contributed by atoms with van der Waals surface area (Å²) in [6, 6.07) is 2.52. The second-order valence-corrected chi connectivity index (χ2v) is 5.83. The lowest BCUT2D eigenvalue weighted by molar-refractivity contribution is -0.288. The molecule has 0 aliphatic heterocycles. The van der Waals surface area contributed by atoms with Gasteiger partial charge in [0.1, 0.15) is 5.75 Å². The van der Waals surface area contributed by atoms with Gasteiger partial charge in [0, 0.05) is 0 Å². The van der Waals surface area contributed by atoms with Gasteiger partial charge in [-0.15, -0.1) is 0 Å². The molecule has 0 atom stereocenters. The van der Waals surface area contributed by atoms with E-state index in [1.807, 2.05) is 0 Å². The van der Waals surface area contributed by atoms with Crippen LogP contribution in [0.3, 0.4) is 0 Å². The molecule has 0 saturated carbocycles. The van der Waals surface area contributed by atoms with Gasteiger partial charge >= 0.3 is 18.5 Å². The minimum absolute atomic E-state index is 0.164. The predicted octanol–water partition coefficient (Wildman–Crippen LogP) is 6.13. The highest BCUT2D eigenvalue weighted by Gasteiger charge is 2.72. The molecule has 0 bridgehead atoms. The molecule has 10 heteroatoms. The molecule has 2 aromatic rings. The number of aromatic hydroxyl groups is 1. The topological polar surface area (TPSA) is 20.2 Å². The van der Waals surface area contributed by atoms with Crippen LogP contribution in [0.2, 0.25) is 0 Å². The first-order valence-electron chi connectivity index (χ1n) is 7.23. The van der Waals surface area contributed by atoms with Crippen molar-refractivity contribution in [2.75, 3.05) is 0 Å². The smallest absolute Gasteiger partial charge is 0.416 e. The van der Waals surface area contributed by atoms with Crippen LogP contribution in [0.15, 0.2) is 42.5 Å². The Morgan fingerprint density at radius 2 is 1.15 bits per heavy atom. The van der Waals surface area contributed by atoms with Gasteiger partial charge < -0.3 is 5.11 Å². The summed E-state index contributed by atoms with van der Waals surface area (Å²) in [5.41, 5.74) is -9.62. The van der Waals surface area contributed by atoms with Gasteiger partial charge in [-0.1, -0.05) is 30.3 Å². The van der Waals surface area contributed by atoms with Crippen molar-refractivity contribution in [2.24, 2.45) is 0 Å². The monoisotopic (exact) mass is 402 g/mol. The number of phenols is 1. The van der Waals surface area contributed by atoms with Gasteiger partial charge in [-0.25, -0.2) is 0 Å². The van der Waals surface area contributed by atoms with Gasteiger partial charge in [-0.2, -0.15) is 39.5 Å². The average molecular weight is 402 g/mol. The maximum Gasteiger partial charge on any atom is 0.416 e. The molecule has 0 aliphatic rings. The van der Waals surface area contributed by atoms with Crippen molar-refractivity contribution < 1.29 is 44.6 Å². The molecule has 0 aliphatic carbocycles. The van der Waals surface area contributed by atoms with E-state index in [9.17, 15) is 44.6 Å². The molecule has 148 valence electrons. The highest BCUT2D eigenvalue weighted by Crippen LogP contribution is 2.56. The van der Waals surface area contributed by atoms with E-state index in [2.05, 4.69) is 0 Å². The normalized spacial score (nSPS) is 13.7. The molecule has 27 heavy (non-hydrogen) atoms. The molecule has 2 rings (SSSR count). The Morgan fingerprint density at radius 1 is 0.667 bits per heavy atom. The molecule has 0 saturated heterocycles. The molecule has 1 nitrogen and oxygen atoms in total. The van der Waals surface area contributed by atoms with Crippen molar-refractivity contribution in [3.63, 3.8) is 0 Å². The molecule has 1 N–H and O–H groups in total. The first-order valence-corrected chi connectivity index (χ1v) is 7.23. The molecule has 2 aromatic carbocycles. The van der Waals surface area contributed by atoms with Crippen molar-refractivity contribution >= 4 is 0 Å². The summed E-state index contributed by atoms with van der Waals surface area (Å²) in [5.74, 6) is -0.555. The largest absolute Gasteiger partial charge is 0.508 e. The minimum atomic E-state index is -6.01. The van der Waals surface area contributed by atoms with E-state index in [-0.39, 0.29) is 11.6 Å². The number of phenolic OH excluding ortho intramolecular Hbond substituents is 1. The summed E-state index contributed by atoms with van der Waals surface area (Å²) in [7, 11) is 0. The van der Waals surface area contributed by atoms with Crippen molar-refractivity contribution in [3.05, 3.63) is 64.7 Å². The summed E-state index contributed by atoms with van der Waals surface area (Å²) in [4.78, 5) is 0. The molecule has 0 spiro atoms. The Morgan fingerprint density at radius 3 is 1.59 bits per heavy atom. The maximum atomic E-state index is 13.8. The summed E-state index contributed by atoms with van der Waals surface area (Å²) in [6.45, 7) is 1.07. The zero-order valence-corrected chi connectivity index (χ0v) is 13.4. The summed E-state index contributed by atoms with van der Waals surface area (Å²) in [5, 5.41) is 9.43. The second kappa shape index (κ2) is 6.35. The fourth-order valence-electron chi connectivity index (χ4n) is 2.80. The Hall–Kier alpha value is -2.39. The van der Waals surface area contributed by atoms with Crippen LogP contribution in [0.5, 0.6) is 5.75 Å². The fraction of sp³-hybridized carbons (Fsp3) is 0.294. The van der Waals surface area contributed by atoms with Gasteiger partial charge in [0.15, 0.2) is 0 Å². The van der Waals surface area contributed by atoms with Crippen LogP contribution >= 0.6 is 0 Å². The van der Waals surface area contributed by atoms with Gasteiger partial charge in [-0.3, -0.25) is 0 Å². The average Bonchev–Trinajstić information content (AvgIpc) is 2.48. The lowest BCUT2D eigenvalue weighted by atomic mass is 9.72. The summed E-state index contributed by atoms with van der Waals surface area (Å²) < 4.78 is 122. The molecular formula is C17H11F9O. The number of aryl methyl sites for hydroxylation is 1. The van der Waals surface area contributed by atoms with E-state index in [1.54, 1.807) is 0 Å². The minimum Gasteiger partial charge on any atom is -0.508 e. The maximum absolute atomic E-state index is 13.8. The van der Waals surface area contributed by atoms with Crippen molar-refractivity contribution in [2.45, 2.75) is 30.9 Å². The van der Waals surface area contributed by atoms with Crippen LogP contribution < -0.4 is 0 Å². The third kappa shape index (κ3) is 3.44. The molecule has 0 heterocycles. The van der Waals surface area contributed by atoms with E-state index < -0.39 is 46.4 Å². The Bertz CT molecular complexity index is 818. The highest BCUT2D eigenvalue weighted by atomic mass is 19.4. The predicted molar refractivity (Wildman–Crippen MR) is 77.2 cm³/mol. The molecular weight excluding hydrogens is 391 g/mol.